The van der Waals surface area contributed by atoms with E-state index in [-0.39, 0.29) is 46.5 Å². The Hall–Kier alpha value is -2.44. The van der Waals surface area contributed by atoms with Gasteiger partial charge in [-0.15, -0.1) is 0 Å². The summed E-state index contributed by atoms with van der Waals surface area (Å²) in [5.41, 5.74) is 1.87. The summed E-state index contributed by atoms with van der Waals surface area (Å²) in [5.74, 6) is -1.11. The minimum absolute atomic E-state index is 0.0812. The lowest BCUT2D eigenvalue weighted by Crippen LogP contribution is -2.29. The summed E-state index contributed by atoms with van der Waals surface area (Å²) in [6.45, 7) is 1.98. The number of aromatic nitrogens is 1. The van der Waals surface area contributed by atoms with E-state index in [0.717, 1.165) is 24.5 Å². The van der Waals surface area contributed by atoms with Gasteiger partial charge in [0.15, 0.2) is 11.6 Å². The quantitative estimate of drug-likeness (QED) is 0.771. The molecule has 2 aromatic rings. The van der Waals surface area contributed by atoms with E-state index in [1.54, 1.807) is 12.1 Å². The van der Waals surface area contributed by atoms with E-state index < -0.39 is 5.82 Å². The number of nitrogens with zero attached hydrogens (tertiary/aromatic N) is 1. The molecule has 0 spiro atoms. The number of carbonyl (C=O) groups excluding carboxylic acids is 1. The summed E-state index contributed by atoms with van der Waals surface area (Å²) >= 11 is 5.74. The van der Waals surface area contributed by atoms with E-state index in [1.165, 1.54) is 6.20 Å². The number of fused-ring (bicyclic) bond motifs is 5. The normalized spacial score (nSPS) is 27.6. The maximum Gasteiger partial charge on any atom is 0.255 e. The summed E-state index contributed by atoms with van der Waals surface area (Å²) in [6, 6.07) is 6.31. The number of rotatable bonds is 4. The molecule has 29 heavy (non-hydrogen) atoms. The number of hydrogen-bond donors (Lipinski definition) is 1. The van der Waals surface area contributed by atoms with Gasteiger partial charge >= 0.3 is 0 Å². The molecule has 1 aliphatic carbocycles. The fourth-order valence-corrected chi connectivity index (χ4v) is 4.98. The second kappa shape index (κ2) is 6.82. The summed E-state index contributed by atoms with van der Waals surface area (Å²) in [4.78, 5) is 17.1. The number of benzene rings is 1. The first kappa shape index (κ1) is 18.6. The van der Waals surface area contributed by atoms with Crippen LogP contribution in [0.1, 0.15) is 30.9 Å². The number of aliphatic hydroxyl groups excluding tert-OH is 1. The van der Waals surface area contributed by atoms with Crippen LogP contribution < -0.4 is 4.74 Å². The van der Waals surface area contributed by atoms with Gasteiger partial charge in [-0.25, -0.2) is 9.37 Å². The molecule has 1 N–H and O–H groups in total. The highest BCUT2D eigenvalue weighted by atomic mass is 35.5. The van der Waals surface area contributed by atoms with Crippen molar-refractivity contribution in [1.82, 2.24) is 4.98 Å². The fraction of sp³-hybridized carbons (Fsp3) is 0.364. The average Bonchev–Trinajstić information content (AvgIpc) is 3.38. The number of ether oxygens (including phenoxy) is 2. The largest absolute Gasteiger partial charge is 0.511 e. The monoisotopic (exact) mass is 415 g/mol. The molecule has 5 nitrogen and oxygen atoms in total. The Balaban J connectivity index is 1.54. The molecule has 2 fully saturated rings. The van der Waals surface area contributed by atoms with Crippen LogP contribution in [0.5, 0.6) is 11.6 Å². The van der Waals surface area contributed by atoms with Gasteiger partial charge in [0.05, 0.1) is 34.6 Å². The van der Waals surface area contributed by atoms with Crippen molar-refractivity contribution >= 4 is 23.0 Å². The van der Waals surface area contributed by atoms with E-state index in [0.29, 0.717) is 23.3 Å². The van der Waals surface area contributed by atoms with Crippen molar-refractivity contribution in [2.75, 3.05) is 0 Å². The van der Waals surface area contributed by atoms with Gasteiger partial charge in [0.25, 0.3) is 5.88 Å². The molecule has 1 aromatic heterocycles. The summed E-state index contributed by atoms with van der Waals surface area (Å²) in [5, 5.41) is 11.1. The molecule has 4 unspecified atom stereocenters. The van der Waals surface area contributed by atoms with Gasteiger partial charge in [0.2, 0.25) is 0 Å². The molecule has 150 valence electrons. The van der Waals surface area contributed by atoms with Crippen molar-refractivity contribution in [2.45, 2.75) is 38.4 Å². The molecular weight excluding hydrogens is 397 g/mol. The second-order valence-electron chi connectivity index (χ2n) is 7.68. The number of Topliss-reactive ketones (excluding diaryl/α,β-unsaturated/α-hetero) is 1. The molecular formula is C22H19ClFNO4. The van der Waals surface area contributed by atoms with Crippen molar-refractivity contribution in [3.63, 3.8) is 0 Å². The zero-order valence-electron chi connectivity index (χ0n) is 15.7. The zero-order chi connectivity index (χ0) is 20.3. The number of aryl methyl sites for hydroxylation is 1. The highest BCUT2D eigenvalue weighted by Crippen LogP contribution is 2.54. The van der Waals surface area contributed by atoms with Crippen LogP contribution >= 0.6 is 11.6 Å². The standard InChI is InChI=1S/C22H19ClFNO4/c1-2-10-3-4-12(28-22-14(24)7-11(23)9-25-22)8-13(10)17-20(26)18-15-5-6-16(29-15)19(18)21(17)27/h3-4,7-9,15-16,18-19,26H,2,5-6H2,1H3. The molecule has 2 bridgehead atoms. The second-order valence-corrected chi connectivity index (χ2v) is 8.12. The van der Waals surface area contributed by atoms with Crippen LogP contribution in [0.25, 0.3) is 5.57 Å². The molecule has 3 aliphatic rings. The van der Waals surface area contributed by atoms with E-state index in [4.69, 9.17) is 21.1 Å². The predicted molar refractivity (Wildman–Crippen MR) is 105 cm³/mol. The maximum atomic E-state index is 14.1. The number of ketones is 1. The molecule has 2 aliphatic heterocycles. The third-order valence-electron chi connectivity index (χ3n) is 6.11. The zero-order valence-corrected chi connectivity index (χ0v) is 16.4. The lowest BCUT2D eigenvalue weighted by molar-refractivity contribution is -0.118. The Morgan fingerprint density at radius 1 is 1.28 bits per heavy atom. The molecule has 3 heterocycles. The van der Waals surface area contributed by atoms with Gasteiger partial charge in [0, 0.05) is 6.20 Å². The Morgan fingerprint density at radius 2 is 2.03 bits per heavy atom. The Bertz CT molecular complexity index is 1050. The number of carbonyl (C=O) groups is 1. The third kappa shape index (κ3) is 2.85. The van der Waals surface area contributed by atoms with E-state index >= 15 is 0 Å². The SMILES string of the molecule is CCc1ccc(Oc2ncc(Cl)cc2F)cc1C1=C(O)C2C3CCC(O3)C2C1=O. The van der Waals surface area contributed by atoms with E-state index in [1.807, 2.05) is 13.0 Å². The van der Waals surface area contributed by atoms with Crippen LogP contribution in [0.4, 0.5) is 4.39 Å². The predicted octanol–water partition coefficient (Wildman–Crippen LogP) is 4.87. The number of halogens is 2. The van der Waals surface area contributed by atoms with Crippen molar-refractivity contribution in [3.05, 3.63) is 58.2 Å². The number of aliphatic hydroxyl groups is 1. The Morgan fingerprint density at radius 3 is 2.72 bits per heavy atom. The Labute approximate surface area is 172 Å². The van der Waals surface area contributed by atoms with Gasteiger partial charge in [-0.1, -0.05) is 24.6 Å². The first-order chi connectivity index (χ1) is 14.0. The van der Waals surface area contributed by atoms with Crippen LogP contribution in [0.15, 0.2) is 36.2 Å². The molecule has 0 amide bonds. The van der Waals surface area contributed by atoms with Crippen molar-refractivity contribution in [2.24, 2.45) is 11.8 Å². The first-order valence-corrected chi connectivity index (χ1v) is 10.1. The number of pyridine rings is 1. The van der Waals surface area contributed by atoms with Crippen LogP contribution in [0, 0.1) is 17.7 Å². The third-order valence-corrected chi connectivity index (χ3v) is 6.32. The average molecular weight is 416 g/mol. The van der Waals surface area contributed by atoms with Gasteiger partial charge in [-0.2, -0.15) is 0 Å². The molecule has 0 radical (unpaired) electrons. The fourth-order valence-electron chi connectivity index (χ4n) is 4.84. The molecule has 0 saturated carbocycles. The number of hydrogen-bond acceptors (Lipinski definition) is 5. The lowest BCUT2D eigenvalue weighted by Gasteiger charge is -2.19. The van der Waals surface area contributed by atoms with Gasteiger partial charge in [0.1, 0.15) is 11.5 Å². The van der Waals surface area contributed by atoms with Crippen molar-refractivity contribution < 1.29 is 23.8 Å². The highest BCUT2D eigenvalue weighted by molar-refractivity contribution is 6.30. The maximum absolute atomic E-state index is 14.1. The lowest BCUT2D eigenvalue weighted by atomic mass is 9.80. The van der Waals surface area contributed by atoms with Gasteiger partial charge in [-0.05, 0) is 48.6 Å². The minimum Gasteiger partial charge on any atom is -0.511 e. The van der Waals surface area contributed by atoms with Gasteiger partial charge < -0.3 is 14.6 Å². The van der Waals surface area contributed by atoms with Crippen molar-refractivity contribution in [3.8, 4) is 11.6 Å². The summed E-state index contributed by atoms with van der Waals surface area (Å²) < 4.78 is 25.5. The molecule has 5 rings (SSSR count). The van der Waals surface area contributed by atoms with E-state index in [2.05, 4.69) is 4.98 Å². The van der Waals surface area contributed by atoms with Crippen LogP contribution in [0.2, 0.25) is 5.02 Å². The molecule has 2 saturated heterocycles. The molecule has 7 heteroatoms. The van der Waals surface area contributed by atoms with Crippen molar-refractivity contribution in [1.29, 1.82) is 0 Å². The minimum atomic E-state index is -0.680. The summed E-state index contributed by atoms with van der Waals surface area (Å²) in [7, 11) is 0. The van der Waals surface area contributed by atoms with E-state index in [9.17, 15) is 14.3 Å². The van der Waals surface area contributed by atoms with Gasteiger partial charge in [-0.3, -0.25) is 4.79 Å². The smallest absolute Gasteiger partial charge is 0.255 e. The molecule has 1 aromatic carbocycles. The first-order valence-electron chi connectivity index (χ1n) is 9.73. The molecule has 4 atom stereocenters. The van der Waals surface area contributed by atoms with Crippen LogP contribution in [-0.2, 0) is 16.0 Å². The number of allylic oxidation sites excluding steroid dienone is 1. The topological polar surface area (TPSA) is 68.7 Å². The van der Waals surface area contributed by atoms with Crippen LogP contribution in [-0.4, -0.2) is 28.1 Å². The van der Waals surface area contributed by atoms with Crippen LogP contribution in [0.3, 0.4) is 0 Å². The highest BCUT2D eigenvalue weighted by Gasteiger charge is 2.59. The summed E-state index contributed by atoms with van der Waals surface area (Å²) in [6.07, 6.45) is 3.47. The Kier molecular flexibility index (Phi) is 4.37.